The average Bonchev–Trinajstić information content (AvgIpc) is 0. The molecule has 0 aliphatic heterocycles. The first-order valence-electron chi connectivity index (χ1n) is 0. The van der Waals surface area contributed by atoms with E-state index in [0.717, 1.165) is 0 Å². The van der Waals surface area contributed by atoms with Crippen LogP contribution in [0.25, 0.3) is 0 Å². The quantitative estimate of drug-likeness (QED) is 0.332. The molecule has 0 aromatic heterocycles. The molecule has 0 atom stereocenters. The molecule has 0 aliphatic rings. The maximum atomic E-state index is 0. The van der Waals surface area contributed by atoms with Crippen molar-refractivity contribution in [1.82, 2.24) is 0 Å². The third-order valence-corrected chi connectivity index (χ3v) is 0. The molecule has 6 heteroatoms. The van der Waals surface area contributed by atoms with Gasteiger partial charge in [0.05, 0.1) is 0 Å². The van der Waals surface area contributed by atoms with Gasteiger partial charge in [0.1, 0.15) is 0 Å². The average molecular weight is 568 g/mol. The molecule has 0 spiro atoms. The van der Waals surface area contributed by atoms with Crippen LogP contribution < -0.4 is 0 Å². The van der Waals surface area contributed by atoms with Crippen molar-refractivity contribution in [3.8, 4) is 0 Å². The van der Waals surface area contributed by atoms with E-state index in [1.165, 1.54) is 0 Å². The molecular formula is H2CdCoCuNiPbZn. The van der Waals surface area contributed by atoms with Crippen LogP contribution in [0.3, 0.4) is 0 Å². The largest absolute Gasteiger partial charge is 0 e. The van der Waals surface area contributed by atoms with Crippen molar-refractivity contribution in [3.63, 3.8) is 0 Å². The Morgan fingerprint density at radius 2 is 1.00 bits per heavy atom. The standard InChI is InChI=1S/Cd.Co.Cu.Ni.Pb.Zn.2H. The summed E-state index contributed by atoms with van der Waals surface area (Å²) in [4.78, 5) is 0. The minimum absolute atomic E-state index is 0. The van der Waals surface area contributed by atoms with Crippen LogP contribution in [-0.4, -0.2) is 27.3 Å². The Kier molecular flexibility index (Phi) is 305. The maximum Gasteiger partial charge on any atom is 0 e. The molecule has 0 nitrogen and oxygen atoms in total. The third kappa shape index (κ3) is 24.5. The van der Waals surface area contributed by atoms with E-state index in [9.17, 15) is 0 Å². The van der Waals surface area contributed by atoms with Gasteiger partial charge in [-0.3, -0.25) is 0 Å². The summed E-state index contributed by atoms with van der Waals surface area (Å²) in [6.07, 6.45) is 0. The number of hydrogen-bond donors (Lipinski definition) is 0. The molecule has 0 rings (SSSR count). The molecule has 0 aliphatic carbocycles. The molecule has 40 valence electrons. The summed E-state index contributed by atoms with van der Waals surface area (Å²) in [5.41, 5.74) is 0. The van der Waals surface area contributed by atoms with Crippen LogP contribution in [0.4, 0.5) is 0 Å². The van der Waals surface area contributed by atoms with E-state index in [1.807, 2.05) is 0 Å². The fourth-order valence-corrected chi connectivity index (χ4v) is 0. The van der Waals surface area contributed by atoms with Crippen LogP contribution in [0, 0.1) is 0 Å². The Hall–Kier alpha value is 3.99. The fraction of sp³-hybridized carbons (Fsp3) is 0. The SMILES string of the molecule is [Cd].[Co].[Cu].[Ni].[PbH2].[Zn]. The van der Waals surface area contributed by atoms with E-state index in [2.05, 4.69) is 0 Å². The van der Waals surface area contributed by atoms with Crippen LogP contribution in [0.2, 0.25) is 0 Å². The molecule has 6 heavy (non-hydrogen) atoms. The topological polar surface area (TPSA) is 0 Å². The van der Waals surface area contributed by atoms with Crippen LogP contribution in [0.5, 0.6) is 0 Å². The third-order valence-electron chi connectivity index (χ3n) is 0. The van der Waals surface area contributed by atoms with Crippen molar-refractivity contribution in [2.45, 2.75) is 0 Å². The van der Waals surface area contributed by atoms with Gasteiger partial charge in [0.15, 0.2) is 0 Å². The van der Waals surface area contributed by atoms with Gasteiger partial charge in [-0.05, 0) is 0 Å². The van der Waals surface area contributed by atoms with Gasteiger partial charge in [0.25, 0.3) is 0 Å². The summed E-state index contributed by atoms with van der Waals surface area (Å²) in [5.74, 6) is 0. The molecule has 0 aromatic rings. The van der Waals surface area contributed by atoms with Crippen molar-refractivity contribution in [2.24, 2.45) is 0 Å². The Bertz CT molecular complexity index is 15.5. The molecule has 0 aromatic carbocycles. The monoisotopic (exact) mass is 568 g/mol. The van der Waals surface area contributed by atoms with E-state index >= 15 is 0 Å². The van der Waals surface area contributed by atoms with Gasteiger partial charge in [0.2, 0.25) is 0 Å². The molecular weight excluding hydrogens is 566 g/mol. The second kappa shape index (κ2) is 36.1. The van der Waals surface area contributed by atoms with Gasteiger partial charge >= 0.3 is 27.3 Å². The molecule has 0 bridgehead atoms. The zero-order valence-electron chi connectivity index (χ0n) is 3.07. The van der Waals surface area contributed by atoms with Crippen LogP contribution in [-0.2, 0) is 97.1 Å². The minimum atomic E-state index is 0. The second-order valence-corrected chi connectivity index (χ2v) is 0. The normalized spacial score (nSPS) is 0. The van der Waals surface area contributed by atoms with Crippen molar-refractivity contribution >= 4 is 27.3 Å². The molecule has 0 unspecified atom stereocenters. The van der Waals surface area contributed by atoms with E-state index in [0.29, 0.717) is 0 Å². The summed E-state index contributed by atoms with van der Waals surface area (Å²) in [6.45, 7) is 0. The Balaban J connectivity index is 0. The van der Waals surface area contributed by atoms with Gasteiger partial charge in [0, 0.05) is 97.1 Å². The first-order chi connectivity index (χ1) is 0. The zero-order valence-corrected chi connectivity index (χ0v) is 18.5. The summed E-state index contributed by atoms with van der Waals surface area (Å²) in [7, 11) is 0. The van der Waals surface area contributed by atoms with Crippen LogP contribution in [0.15, 0.2) is 0 Å². The molecule has 0 amide bonds. The van der Waals surface area contributed by atoms with E-state index in [1.54, 1.807) is 0 Å². The van der Waals surface area contributed by atoms with Gasteiger partial charge < -0.3 is 0 Å². The summed E-state index contributed by atoms with van der Waals surface area (Å²) < 4.78 is 0. The predicted octanol–water partition coefficient (Wildman–Crippen LogP) is -0.929. The van der Waals surface area contributed by atoms with Crippen molar-refractivity contribution < 1.29 is 97.1 Å². The Morgan fingerprint density at radius 1 is 1.00 bits per heavy atom. The smallest absolute Gasteiger partial charge is 0 e. The number of rotatable bonds is 0. The summed E-state index contributed by atoms with van der Waals surface area (Å²) >= 11 is 0. The summed E-state index contributed by atoms with van der Waals surface area (Å²) in [5, 5.41) is 0. The molecule has 0 fully saturated rings. The Morgan fingerprint density at radius 3 is 1.00 bits per heavy atom. The van der Waals surface area contributed by atoms with Gasteiger partial charge in [-0.25, -0.2) is 0 Å². The van der Waals surface area contributed by atoms with E-state index < -0.39 is 0 Å². The molecule has 0 saturated carbocycles. The van der Waals surface area contributed by atoms with Crippen molar-refractivity contribution in [1.29, 1.82) is 0 Å². The predicted molar refractivity (Wildman–Crippen MR) is 8.54 cm³/mol. The first kappa shape index (κ1) is 50.7. The zero-order chi connectivity index (χ0) is 0. The molecule has 0 N–H and O–H groups in total. The molecule has 0 saturated heterocycles. The fourth-order valence-electron chi connectivity index (χ4n) is 0. The van der Waals surface area contributed by atoms with Crippen molar-refractivity contribution in [3.05, 3.63) is 0 Å². The van der Waals surface area contributed by atoms with Crippen molar-refractivity contribution in [2.75, 3.05) is 0 Å². The van der Waals surface area contributed by atoms with Gasteiger partial charge in [-0.1, -0.05) is 0 Å². The Labute approximate surface area is 122 Å². The second-order valence-electron chi connectivity index (χ2n) is 0. The van der Waals surface area contributed by atoms with Crippen LogP contribution in [0.1, 0.15) is 0 Å². The minimum Gasteiger partial charge on any atom is 0 e. The maximum absolute atomic E-state index is 0. The van der Waals surface area contributed by atoms with Gasteiger partial charge in [-0.2, -0.15) is 0 Å². The van der Waals surface area contributed by atoms with Crippen LogP contribution >= 0.6 is 0 Å². The number of hydrogen-bond acceptors (Lipinski definition) is 0. The van der Waals surface area contributed by atoms with E-state index in [4.69, 9.17) is 0 Å². The summed E-state index contributed by atoms with van der Waals surface area (Å²) in [6, 6.07) is 0. The van der Waals surface area contributed by atoms with E-state index in [-0.39, 0.29) is 124 Å². The van der Waals surface area contributed by atoms with Gasteiger partial charge in [-0.15, -0.1) is 0 Å². The molecule has 0 heterocycles. The molecule has 4 radical (unpaired) electrons. The first-order valence-corrected chi connectivity index (χ1v) is 0.